The molecule has 6 nitrogen and oxygen atoms in total. The summed E-state index contributed by atoms with van der Waals surface area (Å²) in [6, 6.07) is 6.58. The average Bonchev–Trinajstić information content (AvgIpc) is 2.55. The molecule has 25 heavy (non-hydrogen) atoms. The molecule has 0 saturated heterocycles. The van der Waals surface area contributed by atoms with Crippen LogP contribution >= 0.6 is 0 Å². The number of carbonyl (C=O) groups is 2. The molecule has 1 aliphatic rings. The zero-order chi connectivity index (χ0) is 18.4. The van der Waals surface area contributed by atoms with Gasteiger partial charge in [0.25, 0.3) is 5.91 Å². The molecule has 2 rings (SSSR count). The number of hydrogen-bond donors (Lipinski definition) is 1. The van der Waals surface area contributed by atoms with Crippen LogP contribution < -0.4 is 10.1 Å². The van der Waals surface area contributed by atoms with Gasteiger partial charge in [0.15, 0.2) is 0 Å². The minimum absolute atomic E-state index is 0.224. The van der Waals surface area contributed by atoms with Gasteiger partial charge in [0, 0.05) is 19.6 Å². The lowest BCUT2D eigenvalue weighted by Gasteiger charge is -2.38. The number of nitriles is 1. The Bertz CT molecular complexity index is 691. The number of ether oxygens (including phenoxy) is 2. The van der Waals surface area contributed by atoms with Crippen LogP contribution in [0.2, 0.25) is 0 Å². The van der Waals surface area contributed by atoms with Crippen LogP contribution in [0.4, 0.5) is 5.69 Å². The van der Waals surface area contributed by atoms with E-state index < -0.39 is 11.6 Å². The van der Waals surface area contributed by atoms with Crippen LogP contribution in [0.1, 0.15) is 52.0 Å². The van der Waals surface area contributed by atoms with E-state index in [2.05, 4.69) is 12.2 Å². The Hall–Kier alpha value is -2.39. The molecule has 0 aromatic heterocycles. The number of carbonyl (C=O) groups excluding carboxylic acids is 2. The molecule has 1 aliphatic carbocycles. The molecule has 1 fully saturated rings. The SMILES string of the molecule is CCOC1(C(=O)Nc2ccc(OC(C)=O)cc2C#N)CCCC(C)C1. The average molecular weight is 344 g/mol. The molecule has 0 bridgehead atoms. The van der Waals surface area contributed by atoms with E-state index in [1.165, 1.54) is 13.0 Å². The predicted molar refractivity (Wildman–Crippen MR) is 93.1 cm³/mol. The molecule has 2 unspecified atom stereocenters. The van der Waals surface area contributed by atoms with E-state index in [1.807, 2.05) is 13.0 Å². The third-order valence-corrected chi connectivity index (χ3v) is 4.41. The first-order chi connectivity index (χ1) is 11.9. The van der Waals surface area contributed by atoms with Crippen LogP contribution in [-0.4, -0.2) is 24.1 Å². The van der Waals surface area contributed by atoms with Crippen LogP contribution in [-0.2, 0) is 14.3 Å². The van der Waals surface area contributed by atoms with Crippen molar-refractivity contribution in [1.29, 1.82) is 5.26 Å². The van der Waals surface area contributed by atoms with Gasteiger partial charge in [0.2, 0.25) is 0 Å². The molecule has 1 aromatic carbocycles. The summed E-state index contributed by atoms with van der Waals surface area (Å²) in [4.78, 5) is 24.0. The molecular weight excluding hydrogens is 320 g/mol. The fraction of sp³-hybridized carbons (Fsp3) is 0.526. The van der Waals surface area contributed by atoms with Gasteiger partial charge in [-0.2, -0.15) is 5.26 Å². The standard InChI is InChI=1S/C19H24N2O4/c1-4-24-19(9-5-6-13(2)11-19)18(23)21-17-8-7-16(25-14(3)22)10-15(17)12-20/h7-8,10,13H,4-6,9,11H2,1-3H3,(H,21,23). The minimum Gasteiger partial charge on any atom is -0.427 e. The van der Waals surface area contributed by atoms with E-state index in [-0.39, 0.29) is 17.2 Å². The van der Waals surface area contributed by atoms with Crippen molar-refractivity contribution >= 4 is 17.6 Å². The highest BCUT2D eigenvalue weighted by atomic mass is 16.5. The third kappa shape index (κ3) is 4.58. The molecule has 2 atom stereocenters. The van der Waals surface area contributed by atoms with Gasteiger partial charge in [-0.25, -0.2) is 0 Å². The number of hydrogen-bond acceptors (Lipinski definition) is 5. The first kappa shape index (κ1) is 18.9. The van der Waals surface area contributed by atoms with Gasteiger partial charge in [-0.3, -0.25) is 9.59 Å². The van der Waals surface area contributed by atoms with E-state index in [1.54, 1.807) is 12.1 Å². The highest BCUT2D eigenvalue weighted by Gasteiger charge is 2.42. The summed E-state index contributed by atoms with van der Waals surface area (Å²) in [6.45, 7) is 5.74. The Morgan fingerprint density at radius 1 is 1.44 bits per heavy atom. The second-order valence-electron chi connectivity index (χ2n) is 6.50. The lowest BCUT2D eigenvalue weighted by atomic mass is 9.78. The smallest absolute Gasteiger partial charge is 0.308 e. The molecule has 0 aliphatic heterocycles. The number of nitrogens with zero attached hydrogens (tertiary/aromatic N) is 1. The zero-order valence-electron chi connectivity index (χ0n) is 14.9. The molecule has 1 N–H and O–H groups in total. The molecule has 0 radical (unpaired) electrons. The summed E-state index contributed by atoms with van der Waals surface area (Å²) in [6.07, 6.45) is 3.36. The molecule has 134 valence electrons. The Balaban J connectivity index is 2.23. The first-order valence-corrected chi connectivity index (χ1v) is 8.58. The maximum absolute atomic E-state index is 12.9. The van der Waals surface area contributed by atoms with Gasteiger partial charge in [-0.1, -0.05) is 13.3 Å². The fourth-order valence-electron chi connectivity index (χ4n) is 3.37. The molecular formula is C19H24N2O4. The Kier molecular flexibility index (Phi) is 6.16. The predicted octanol–water partition coefficient (Wildman–Crippen LogP) is 3.41. The van der Waals surface area contributed by atoms with E-state index in [0.717, 1.165) is 12.8 Å². The lowest BCUT2D eigenvalue weighted by Crippen LogP contribution is -2.48. The molecule has 1 aromatic rings. The van der Waals surface area contributed by atoms with Crippen LogP contribution in [0.25, 0.3) is 0 Å². The number of nitrogens with one attached hydrogen (secondary N) is 1. The molecule has 1 saturated carbocycles. The summed E-state index contributed by atoms with van der Waals surface area (Å²) in [5.74, 6) is -0.00880. The van der Waals surface area contributed by atoms with Crippen molar-refractivity contribution in [2.45, 2.75) is 52.1 Å². The van der Waals surface area contributed by atoms with Crippen molar-refractivity contribution in [3.05, 3.63) is 23.8 Å². The summed E-state index contributed by atoms with van der Waals surface area (Å²) in [5.41, 5.74) is -0.225. The van der Waals surface area contributed by atoms with Crippen LogP contribution in [0, 0.1) is 17.2 Å². The quantitative estimate of drug-likeness (QED) is 0.653. The van der Waals surface area contributed by atoms with Crippen molar-refractivity contribution in [2.75, 3.05) is 11.9 Å². The molecule has 0 spiro atoms. The number of rotatable bonds is 5. The van der Waals surface area contributed by atoms with Gasteiger partial charge in [0.1, 0.15) is 17.4 Å². The van der Waals surface area contributed by atoms with Crippen molar-refractivity contribution in [1.82, 2.24) is 0 Å². The Morgan fingerprint density at radius 3 is 2.80 bits per heavy atom. The summed E-state index contributed by atoms with van der Waals surface area (Å²) in [5, 5.41) is 12.2. The number of esters is 1. The maximum atomic E-state index is 12.9. The second kappa shape index (κ2) is 8.13. The van der Waals surface area contributed by atoms with Gasteiger partial charge >= 0.3 is 5.97 Å². The first-order valence-electron chi connectivity index (χ1n) is 8.58. The normalized spacial score (nSPS) is 22.7. The van der Waals surface area contributed by atoms with E-state index in [4.69, 9.17) is 9.47 Å². The van der Waals surface area contributed by atoms with Crippen LogP contribution in [0.3, 0.4) is 0 Å². The van der Waals surface area contributed by atoms with E-state index in [9.17, 15) is 14.9 Å². The number of amides is 1. The maximum Gasteiger partial charge on any atom is 0.308 e. The van der Waals surface area contributed by atoms with Gasteiger partial charge in [-0.05, 0) is 44.2 Å². The second-order valence-corrected chi connectivity index (χ2v) is 6.50. The molecule has 6 heteroatoms. The van der Waals surface area contributed by atoms with Gasteiger partial charge < -0.3 is 14.8 Å². The summed E-state index contributed by atoms with van der Waals surface area (Å²) in [7, 11) is 0. The molecule has 0 heterocycles. The van der Waals surface area contributed by atoms with Gasteiger partial charge in [-0.15, -0.1) is 0 Å². The van der Waals surface area contributed by atoms with Gasteiger partial charge in [0.05, 0.1) is 11.3 Å². The highest BCUT2D eigenvalue weighted by molar-refractivity contribution is 5.98. The monoisotopic (exact) mass is 344 g/mol. The van der Waals surface area contributed by atoms with Crippen molar-refractivity contribution < 1.29 is 19.1 Å². The van der Waals surface area contributed by atoms with E-state index >= 15 is 0 Å². The minimum atomic E-state index is -0.853. The van der Waals surface area contributed by atoms with Crippen LogP contribution in [0.5, 0.6) is 5.75 Å². The van der Waals surface area contributed by atoms with Crippen molar-refractivity contribution in [3.63, 3.8) is 0 Å². The largest absolute Gasteiger partial charge is 0.427 e. The summed E-state index contributed by atoms with van der Waals surface area (Å²) < 4.78 is 10.8. The lowest BCUT2D eigenvalue weighted by molar-refractivity contribution is -0.147. The van der Waals surface area contributed by atoms with Crippen molar-refractivity contribution in [2.24, 2.45) is 5.92 Å². The Labute approximate surface area is 148 Å². The third-order valence-electron chi connectivity index (χ3n) is 4.41. The molecule has 1 amide bonds. The number of benzene rings is 1. The zero-order valence-corrected chi connectivity index (χ0v) is 14.9. The van der Waals surface area contributed by atoms with Crippen molar-refractivity contribution in [3.8, 4) is 11.8 Å². The topological polar surface area (TPSA) is 88.4 Å². The Morgan fingerprint density at radius 2 is 2.20 bits per heavy atom. The number of anilines is 1. The van der Waals surface area contributed by atoms with E-state index in [0.29, 0.717) is 31.1 Å². The van der Waals surface area contributed by atoms with Crippen LogP contribution in [0.15, 0.2) is 18.2 Å². The highest BCUT2D eigenvalue weighted by Crippen LogP contribution is 2.36. The summed E-state index contributed by atoms with van der Waals surface area (Å²) >= 11 is 0. The fourth-order valence-corrected chi connectivity index (χ4v) is 3.37.